The van der Waals surface area contributed by atoms with Gasteiger partial charge in [0, 0.05) is 5.33 Å². The standard InChI is InChI=1S/C6H7BrN4O2/c7-1-3-2-11(13)5(8)4(10-3)6(9)12/h2,8,13H,1H2,(H2,9,12). The zero-order valence-electron chi connectivity index (χ0n) is 6.49. The highest BCUT2D eigenvalue weighted by Crippen LogP contribution is 1.99. The van der Waals surface area contributed by atoms with E-state index in [4.69, 9.17) is 16.4 Å². The molecule has 0 aliphatic rings. The van der Waals surface area contributed by atoms with E-state index in [1.54, 1.807) is 0 Å². The van der Waals surface area contributed by atoms with Crippen LogP contribution < -0.4 is 11.2 Å². The number of amides is 1. The lowest BCUT2D eigenvalue weighted by molar-refractivity contribution is 0.0982. The van der Waals surface area contributed by atoms with Crippen LogP contribution in [0.4, 0.5) is 0 Å². The predicted octanol–water partition coefficient (Wildman–Crippen LogP) is -0.406. The summed E-state index contributed by atoms with van der Waals surface area (Å²) in [6.45, 7) is 0. The minimum atomic E-state index is -0.837. The number of carbonyl (C=O) groups is 1. The molecule has 0 spiro atoms. The van der Waals surface area contributed by atoms with Crippen molar-refractivity contribution >= 4 is 21.8 Å². The topological polar surface area (TPSA) is 105 Å². The normalized spacial score (nSPS) is 9.92. The zero-order chi connectivity index (χ0) is 10.0. The van der Waals surface area contributed by atoms with Crippen molar-refractivity contribution < 1.29 is 10.0 Å². The van der Waals surface area contributed by atoms with Crippen LogP contribution in [0.1, 0.15) is 16.2 Å². The fraction of sp³-hybridized carbons (Fsp3) is 0.167. The van der Waals surface area contributed by atoms with Gasteiger partial charge in [-0.15, -0.1) is 0 Å². The van der Waals surface area contributed by atoms with Crippen LogP contribution in [0.25, 0.3) is 0 Å². The number of hydrogen-bond donors (Lipinski definition) is 3. The molecule has 4 N–H and O–H groups in total. The van der Waals surface area contributed by atoms with Crippen LogP contribution in [0.3, 0.4) is 0 Å². The third-order valence-corrected chi connectivity index (χ3v) is 1.92. The molecule has 6 nitrogen and oxygen atoms in total. The molecule has 0 bridgehead atoms. The summed E-state index contributed by atoms with van der Waals surface area (Å²) in [5.41, 5.74) is 4.70. The van der Waals surface area contributed by atoms with Gasteiger partial charge < -0.3 is 10.9 Å². The fourth-order valence-corrected chi connectivity index (χ4v) is 1.05. The molecular formula is C6H7BrN4O2. The van der Waals surface area contributed by atoms with Crippen molar-refractivity contribution in [2.75, 3.05) is 0 Å². The predicted molar refractivity (Wildman–Crippen MR) is 46.4 cm³/mol. The van der Waals surface area contributed by atoms with E-state index < -0.39 is 11.4 Å². The number of rotatable bonds is 2. The molecule has 0 aromatic carbocycles. The molecule has 0 atom stereocenters. The van der Waals surface area contributed by atoms with Crippen LogP contribution in [0, 0.1) is 5.41 Å². The fourth-order valence-electron chi connectivity index (χ4n) is 0.776. The van der Waals surface area contributed by atoms with Gasteiger partial charge in [-0.2, -0.15) is 4.73 Å². The van der Waals surface area contributed by atoms with Gasteiger partial charge in [0.15, 0.2) is 11.2 Å². The highest BCUT2D eigenvalue weighted by Gasteiger charge is 2.09. The van der Waals surface area contributed by atoms with E-state index in [0.29, 0.717) is 15.8 Å². The zero-order valence-corrected chi connectivity index (χ0v) is 8.08. The maximum absolute atomic E-state index is 10.7. The Hall–Kier alpha value is -1.37. The molecule has 1 heterocycles. The van der Waals surface area contributed by atoms with E-state index in [9.17, 15) is 4.79 Å². The SMILES string of the molecule is N=c1c(C(N)=O)nc(CBr)cn1O. The van der Waals surface area contributed by atoms with Gasteiger partial charge in [0.05, 0.1) is 11.9 Å². The quantitative estimate of drug-likeness (QED) is 0.488. The van der Waals surface area contributed by atoms with Gasteiger partial charge in [0.25, 0.3) is 5.91 Å². The van der Waals surface area contributed by atoms with Crippen LogP contribution in [-0.4, -0.2) is 20.8 Å². The first kappa shape index (κ1) is 9.72. The highest BCUT2D eigenvalue weighted by atomic mass is 79.9. The molecular weight excluding hydrogens is 240 g/mol. The summed E-state index contributed by atoms with van der Waals surface area (Å²) in [6, 6.07) is 0. The van der Waals surface area contributed by atoms with Gasteiger partial charge in [0.1, 0.15) is 0 Å². The Kier molecular flexibility index (Phi) is 2.66. The maximum atomic E-state index is 10.7. The summed E-state index contributed by atoms with van der Waals surface area (Å²) in [6.07, 6.45) is 1.23. The van der Waals surface area contributed by atoms with E-state index >= 15 is 0 Å². The molecule has 0 unspecified atom stereocenters. The number of carbonyl (C=O) groups excluding carboxylic acids is 1. The lowest BCUT2D eigenvalue weighted by Crippen LogP contribution is -2.31. The Balaban J connectivity index is 3.42. The Morgan fingerprint density at radius 2 is 2.46 bits per heavy atom. The first-order chi connectivity index (χ1) is 6.06. The summed E-state index contributed by atoms with van der Waals surface area (Å²) >= 11 is 3.10. The van der Waals surface area contributed by atoms with E-state index in [1.807, 2.05) is 0 Å². The number of aromatic nitrogens is 2. The van der Waals surface area contributed by atoms with E-state index in [0.717, 1.165) is 0 Å². The maximum Gasteiger partial charge on any atom is 0.271 e. The molecule has 7 heteroatoms. The molecule has 1 amide bonds. The van der Waals surface area contributed by atoms with Crippen molar-refractivity contribution in [3.8, 4) is 0 Å². The second-order valence-electron chi connectivity index (χ2n) is 2.27. The van der Waals surface area contributed by atoms with Crippen molar-refractivity contribution in [3.05, 3.63) is 23.1 Å². The molecule has 0 saturated heterocycles. The van der Waals surface area contributed by atoms with E-state index in [-0.39, 0.29) is 5.69 Å². The lowest BCUT2D eigenvalue weighted by Gasteiger charge is -2.02. The van der Waals surface area contributed by atoms with Gasteiger partial charge in [-0.05, 0) is 0 Å². The molecule has 70 valence electrons. The Labute approximate surface area is 81.6 Å². The molecule has 1 aromatic heterocycles. The Bertz CT molecular complexity index is 400. The van der Waals surface area contributed by atoms with Gasteiger partial charge in [-0.25, -0.2) is 4.98 Å². The molecule has 0 saturated carbocycles. The monoisotopic (exact) mass is 246 g/mol. The van der Waals surface area contributed by atoms with Crippen LogP contribution in [0.2, 0.25) is 0 Å². The third-order valence-electron chi connectivity index (χ3n) is 1.35. The van der Waals surface area contributed by atoms with Crippen LogP contribution in [-0.2, 0) is 5.33 Å². The van der Waals surface area contributed by atoms with Crippen LogP contribution in [0.15, 0.2) is 6.20 Å². The van der Waals surface area contributed by atoms with Gasteiger partial charge in [0.2, 0.25) is 0 Å². The van der Waals surface area contributed by atoms with Gasteiger partial charge in [-0.1, -0.05) is 15.9 Å². The highest BCUT2D eigenvalue weighted by molar-refractivity contribution is 9.08. The molecule has 0 radical (unpaired) electrons. The largest absolute Gasteiger partial charge is 0.427 e. The van der Waals surface area contributed by atoms with Gasteiger partial charge >= 0.3 is 0 Å². The Morgan fingerprint density at radius 3 is 2.92 bits per heavy atom. The van der Waals surface area contributed by atoms with Crippen molar-refractivity contribution in [1.29, 1.82) is 5.41 Å². The number of halogens is 1. The molecule has 1 aromatic rings. The number of primary amides is 1. The minimum Gasteiger partial charge on any atom is -0.427 e. The first-order valence-electron chi connectivity index (χ1n) is 3.28. The smallest absolute Gasteiger partial charge is 0.271 e. The number of alkyl halides is 1. The van der Waals surface area contributed by atoms with Crippen LogP contribution >= 0.6 is 15.9 Å². The van der Waals surface area contributed by atoms with Crippen molar-refractivity contribution in [1.82, 2.24) is 9.71 Å². The number of nitrogens with one attached hydrogen (secondary N) is 1. The molecule has 13 heavy (non-hydrogen) atoms. The second kappa shape index (κ2) is 3.56. The summed E-state index contributed by atoms with van der Waals surface area (Å²) < 4.78 is 0.504. The van der Waals surface area contributed by atoms with Crippen molar-refractivity contribution in [2.24, 2.45) is 5.73 Å². The summed E-state index contributed by atoms with van der Waals surface area (Å²) in [7, 11) is 0. The number of nitrogens with zero attached hydrogens (tertiary/aromatic N) is 2. The Morgan fingerprint density at radius 1 is 1.85 bits per heavy atom. The average molecular weight is 247 g/mol. The number of nitrogens with two attached hydrogens (primary N) is 1. The molecule has 1 rings (SSSR count). The summed E-state index contributed by atoms with van der Waals surface area (Å²) in [4.78, 5) is 14.5. The summed E-state index contributed by atoms with van der Waals surface area (Å²) in [5.74, 6) is -0.837. The minimum absolute atomic E-state index is 0.251. The average Bonchev–Trinajstić information content (AvgIpc) is 2.09. The molecule has 0 aliphatic heterocycles. The lowest BCUT2D eigenvalue weighted by atomic mass is 10.4. The number of hydrogen-bond acceptors (Lipinski definition) is 4. The first-order valence-corrected chi connectivity index (χ1v) is 4.40. The molecule has 0 fully saturated rings. The van der Waals surface area contributed by atoms with E-state index in [1.165, 1.54) is 6.20 Å². The molecule has 0 aliphatic carbocycles. The van der Waals surface area contributed by atoms with Gasteiger partial charge in [-0.3, -0.25) is 10.2 Å². The van der Waals surface area contributed by atoms with E-state index in [2.05, 4.69) is 20.9 Å². The summed E-state index contributed by atoms with van der Waals surface area (Å²) in [5, 5.41) is 16.7. The van der Waals surface area contributed by atoms with Crippen LogP contribution in [0.5, 0.6) is 0 Å². The third kappa shape index (κ3) is 1.86. The van der Waals surface area contributed by atoms with Crippen molar-refractivity contribution in [3.63, 3.8) is 0 Å². The van der Waals surface area contributed by atoms with Crippen molar-refractivity contribution in [2.45, 2.75) is 5.33 Å². The second-order valence-corrected chi connectivity index (χ2v) is 2.83.